The molecule has 0 N–H and O–H groups in total. The third-order valence-electron chi connectivity index (χ3n) is 6.03. The van der Waals surface area contributed by atoms with Gasteiger partial charge in [0.15, 0.2) is 0 Å². The van der Waals surface area contributed by atoms with E-state index < -0.39 is 11.6 Å². The largest absolute Gasteiger partial charge is 0.378 e. The fraction of sp³-hybridized carbons (Fsp3) is 0.739. The Kier molecular flexibility index (Phi) is 11.0. The minimum Gasteiger partial charge on any atom is -0.378 e. The van der Waals surface area contributed by atoms with Crippen LogP contribution in [0.4, 0.5) is 8.78 Å². The zero-order valence-corrected chi connectivity index (χ0v) is 17.3. The van der Waals surface area contributed by atoms with Gasteiger partial charge in [-0.1, -0.05) is 65.4 Å². The monoisotopic (exact) mass is 368 g/mol. The van der Waals surface area contributed by atoms with Crippen LogP contribution in [0, 0.1) is 17.6 Å². The van der Waals surface area contributed by atoms with Gasteiger partial charge in [0.1, 0.15) is 11.6 Å². The molecule has 0 amide bonds. The molecule has 1 nitrogen and oxygen atoms in total. The summed E-state index contributed by atoms with van der Waals surface area (Å²) in [5.74, 6) is -0.541. The number of unbranched alkanes of at least 4 members (excludes halogenated alkanes) is 5. The Morgan fingerprint density at radius 3 is 2.15 bits per heavy atom. The summed E-state index contributed by atoms with van der Waals surface area (Å²) in [6, 6.07) is 3.92. The molecule has 1 atom stereocenters. The second-order valence-electron chi connectivity index (χ2n) is 7.50. The first kappa shape index (κ1) is 23.1. The Hall–Kier alpha value is -0.960. The summed E-state index contributed by atoms with van der Waals surface area (Å²) in [6.45, 7) is 6.60. The lowest BCUT2D eigenvalue weighted by Crippen LogP contribution is -2.39. The number of hydrogen-bond acceptors (Lipinski definition) is 1. The molecule has 0 saturated heterocycles. The number of aryl methyl sites for hydroxylation is 1. The lowest BCUT2D eigenvalue weighted by molar-refractivity contribution is -0.0705. The molecule has 0 aromatic heterocycles. The molecule has 0 saturated carbocycles. The van der Waals surface area contributed by atoms with E-state index in [0.717, 1.165) is 31.7 Å². The highest BCUT2D eigenvalue weighted by atomic mass is 19.1. The van der Waals surface area contributed by atoms with Gasteiger partial charge in [-0.3, -0.25) is 0 Å². The fourth-order valence-corrected chi connectivity index (χ4v) is 4.18. The van der Waals surface area contributed by atoms with Crippen molar-refractivity contribution in [3.8, 4) is 0 Å². The van der Waals surface area contributed by atoms with Crippen molar-refractivity contribution in [2.75, 3.05) is 7.11 Å². The Morgan fingerprint density at radius 2 is 1.58 bits per heavy atom. The molecule has 0 spiro atoms. The topological polar surface area (TPSA) is 9.23 Å². The number of halogens is 2. The molecule has 0 radical (unpaired) electrons. The van der Waals surface area contributed by atoms with Crippen molar-refractivity contribution in [1.29, 1.82) is 0 Å². The Morgan fingerprint density at radius 1 is 0.923 bits per heavy atom. The highest BCUT2D eigenvalue weighted by Gasteiger charge is 2.35. The van der Waals surface area contributed by atoms with E-state index >= 15 is 0 Å². The lowest BCUT2D eigenvalue weighted by atomic mass is 9.76. The quantitative estimate of drug-likeness (QED) is 0.309. The van der Waals surface area contributed by atoms with Gasteiger partial charge in [-0.25, -0.2) is 8.78 Å². The normalized spacial score (nSPS) is 13.2. The number of methoxy groups -OCH3 is 1. The predicted octanol–water partition coefficient (Wildman–Crippen LogP) is 7.47. The second-order valence-corrected chi connectivity index (χ2v) is 7.50. The van der Waals surface area contributed by atoms with Crippen molar-refractivity contribution in [2.24, 2.45) is 5.92 Å². The van der Waals surface area contributed by atoms with Gasteiger partial charge in [-0.2, -0.15) is 0 Å². The summed E-state index contributed by atoms with van der Waals surface area (Å²) < 4.78 is 33.1. The number of rotatable bonds is 14. The van der Waals surface area contributed by atoms with Gasteiger partial charge in [-0.15, -0.1) is 0 Å². The van der Waals surface area contributed by atoms with E-state index in [0.29, 0.717) is 17.9 Å². The van der Waals surface area contributed by atoms with E-state index in [1.165, 1.54) is 44.6 Å². The molecular weight excluding hydrogens is 330 g/mol. The van der Waals surface area contributed by atoms with Crippen LogP contribution in [0.25, 0.3) is 0 Å². The molecule has 0 aliphatic heterocycles. The average Bonchev–Trinajstić information content (AvgIpc) is 2.64. The van der Waals surface area contributed by atoms with Crippen molar-refractivity contribution in [2.45, 2.75) is 97.0 Å². The van der Waals surface area contributed by atoms with E-state index in [-0.39, 0.29) is 5.60 Å². The smallest absolute Gasteiger partial charge is 0.129 e. The maximum absolute atomic E-state index is 14.0. The zero-order chi connectivity index (χ0) is 19.4. The first-order valence-electron chi connectivity index (χ1n) is 10.5. The summed E-state index contributed by atoms with van der Waals surface area (Å²) in [4.78, 5) is 0. The van der Waals surface area contributed by atoms with Crippen LogP contribution in [-0.4, -0.2) is 12.7 Å². The average molecular weight is 369 g/mol. The van der Waals surface area contributed by atoms with Crippen LogP contribution in [-0.2, 0) is 11.2 Å². The van der Waals surface area contributed by atoms with E-state index in [1.807, 2.05) is 0 Å². The molecular formula is C23H38F2O. The van der Waals surface area contributed by atoms with Crippen LogP contribution in [0.1, 0.15) is 90.5 Å². The summed E-state index contributed by atoms with van der Waals surface area (Å²) in [5, 5.41) is 0. The van der Waals surface area contributed by atoms with Crippen molar-refractivity contribution in [1.82, 2.24) is 0 Å². The van der Waals surface area contributed by atoms with Crippen molar-refractivity contribution >= 4 is 0 Å². The van der Waals surface area contributed by atoms with Gasteiger partial charge in [0, 0.05) is 13.2 Å². The Balaban J connectivity index is 2.70. The zero-order valence-electron chi connectivity index (χ0n) is 17.3. The molecule has 0 fully saturated rings. The molecule has 0 aliphatic carbocycles. The highest BCUT2D eigenvalue weighted by molar-refractivity contribution is 5.18. The molecule has 1 rings (SSSR count). The number of hydrogen-bond donors (Lipinski definition) is 0. The number of ether oxygens (including phenoxy) is 1. The highest BCUT2D eigenvalue weighted by Crippen LogP contribution is 2.36. The van der Waals surface area contributed by atoms with Crippen LogP contribution in [0.5, 0.6) is 0 Å². The van der Waals surface area contributed by atoms with Gasteiger partial charge in [0.25, 0.3) is 0 Å². The standard InChI is InChI=1S/C23H38F2O/c1-5-8-9-10-11-12-13-20(23(6-2,7-3)26-4)16-14-19-15-17-21(24)18-22(19)25/h15,17-18,20H,5-14,16H2,1-4H3. The van der Waals surface area contributed by atoms with E-state index in [4.69, 9.17) is 4.74 Å². The summed E-state index contributed by atoms with van der Waals surface area (Å²) >= 11 is 0. The van der Waals surface area contributed by atoms with Gasteiger partial charge < -0.3 is 4.74 Å². The molecule has 0 aliphatic rings. The first-order chi connectivity index (χ1) is 12.5. The van der Waals surface area contributed by atoms with Crippen LogP contribution < -0.4 is 0 Å². The predicted molar refractivity (Wildman–Crippen MR) is 106 cm³/mol. The third-order valence-corrected chi connectivity index (χ3v) is 6.03. The molecule has 0 heterocycles. The molecule has 1 aromatic carbocycles. The first-order valence-corrected chi connectivity index (χ1v) is 10.5. The number of benzene rings is 1. The summed E-state index contributed by atoms with van der Waals surface area (Å²) in [7, 11) is 1.81. The fourth-order valence-electron chi connectivity index (χ4n) is 4.18. The maximum atomic E-state index is 14.0. The van der Waals surface area contributed by atoms with Crippen LogP contribution in [0.2, 0.25) is 0 Å². The van der Waals surface area contributed by atoms with Crippen LogP contribution in [0.15, 0.2) is 18.2 Å². The van der Waals surface area contributed by atoms with Gasteiger partial charge in [0.2, 0.25) is 0 Å². The van der Waals surface area contributed by atoms with Crippen LogP contribution >= 0.6 is 0 Å². The third kappa shape index (κ3) is 6.98. The van der Waals surface area contributed by atoms with E-state index in [9.17, 15) is 8.78 Å². The Bertz CT molecular complexity index is 489. The molecule has 1 aromatic rings. The molecule has 0 bridgehead atoms. The minimum atomic E-state index is -0.511. The lowest BCUT2D eigenvalue weighted by Gasteiger charge is -2.39. The molecule has 1 unspecified atom stereocenters. The Labute approximate surface area is 159 Å². The van der Waals surface area contributed by atoms with E-state index in [1.54, 1.807) is 13.2 Å². The maximum Gasteiger partial charge on any atom is 0.129 e. The van der Waals surface area contributed by atoms with Crippen molar-refractivity contribution < 1.29 is 13.5 Å². The molecule has 3 heteroatoms. The summed E-state index contributed by atoms with van der Waals surface area (Å²) in [6.07, 6.45) is 12.2. The minimum absolute atomic E-state index is 0.139. The van der Waals surface area contributed by atoms with Gasteiger partial charge >= 0.3 is 0 Å². The second kappa shape index (κ2) is 12.4. The van der Waals surface area contributed by atoms with Gasteiger partial charge in [0.05, 0.1) is 5.60 Å². The molecule has 150 valence electrons. The van der Waals surface area contributed by atoms with Crippen LogP contribution in [0.3, 0.4) is 0 Å². The van der Waals surface area contributed by atoms with Gasteiger partial charge in [-0.05, 0) is 49.7 Å². The summed E-state index contributed by atoms with van der Waals surface area (Å²) in [5.41, 5.74) is 0.469. The van der Waals surface area contributed by atoms with E-state index in [2.05, 4.69) is 20.8 Å². The molecule has 26 heavy (non-hydrogen) atoms. The van der Waals surface area contributed by atoms with Crippen molar-refractivity contribution in [3.63, 3.8) is 0 Å². The van der Waals surface area contributed by atoms with Crippen molar-refractivity contribution in [3.05, 3.63) is 35.4 Å². The SMILES string of the molecule is CCCCCCCCC(CCc1ccc(F)cc1F)C(CC)(CC)OC.